The van der Waals surface area contributed by atoms with Gasteiger partial charge in [-0.05, 0) is 38.5 Å². The van der Waals surface area contributed by atoms with E-state index in [-0.39, 0.29) is 0 Å². The molecule has 102 valence electrons. The van der Waals surface area contributed by atoms with E-state index >= 15 is 0 Å². The molecule has 18 heavy (non-hydrogen) atoms. The number of aliphatic hydroxyl groups excluding tert-OH is 2. The van der Waals surface area contributed by atoms with Crippen molar-refractivity contribution in [3.8, 4) is 0 Å². The molecule has 0 spiro atoms. The summed E-state index contributed by atoms with van der Waals surface area (Å²) in [6.07, 6.45) is -1.82. The molecule has 0 saturated carbocycles. The van der Waals surface area contributed by atoms with Gasteiger partial charge in [0, 0.05) is 5.02 Å². The maximum absolute atomic E-state index is 9.75. The molecule has 2 unspecified atom stereocenters. The molecular formula is C13H19ClO4. The van der Waals surface area contributed by atoms with Crippen LogP contribution in [0, 0.1) is 0 Å². The molecule has 5 heteroatoms. The second kappa shape index (κ2) is 6.50. The molecule has 1 rings (SSSR count). The molecule has 0 aliphatic carbocycles. The number of hydrogen-bond donors (Lipinski definition) is 2. The summed E-state index contributed by atoms with van der Waals surface area (Å²) in [7, 11) is 0. The molecule has 0 aliphatic rings. The minimum atomic E-state index is -1.06. The first-order valence-corrected chi connectivity index (χ1v) is 6.10. The van der Waals surface area contributed by atoms with Crippen LogP contribution in [-0.4, -0.2) is 28.5 Å². The fourth-order valence-electron chi connectivity index (χ4n) is 1.29. The van der Waals surface area contributed by atoms with Crippen LogP contribution in [0.25, 0.3) is 0 Å². The van der Waals surface area contributed by atoms with E-state index in [4.69, 9.17) is 26.5 Å². The fraction of sp³-hybridized carbons (Fsp3) is 0.538. The number of hydrogen-bond acceptors (Lipinski definition) is 4. The molecule has 2 N–H and O–H groups in total. The van der Waals surface area contributed by atoms with Gasteiger partial charge in [0.1, 0.15) is 12.2 Å². The zero-order valence-electron chi connectivity index (χ0n) is 10.8. The molecule has 2 atom stereocenters. The van der Waals surface area contributed by atoms with Gasteiger partial charge >= 0.3 is 0 Å². The third kappa shape index (κ3) is 4.92. The standard InChI is InChI=1S/C13H19ClO4/c1-13(2,3)18-17-12(11(16)8-15)9-4-6-10(14)7-5-9/h4-7,11-12,15-16H,8H2,1-3H3. The molecule has 0 saturated heterocycles. The molecule has 1 aromatic rings. The summed E-state index contributed by atoms with van der Waals surface area (Å²) in [5.74, 6) is 0. The predicted octanol–water partition coefficient (Wildman–Crippen LogP) is 2.48. The molecule has 0 aliphatic heterocycles. The normalized spacial score (nSPS) is 15.4. The van der Waals surface area contributed by atoms with E-state index in [2.05, 4.69) is 0 Å². The van der Waals surface area contributed by atoms with Crippen molar-refractivity contribution >= 4 is 11.6 Å². The van der Waals surface area contributed by atoms with Gasteiger partial charge in [0.2, 0.25) is 0 Å². The summed E-state index contributed by atoms with van der Waals surface area (Å²) in [4.78, 5) is 10.4. The number of aliphatic hydroxyl groups is 2. The first kappa shape index (κ1) is 15.4. The molecule has 1 aromatic carbocycles. The van der Waals surface area contributed by atoms with Crippen LogP contribution in [0.4, 0.5) is 0 Å². The van der Waals surface area contributed by atoms with Gasteiger partial charge in [-0.25, -0.2) is 9.78 Å². The maximum atomic E-state index is 9.75. The molecule has 0 aromatic heterocycles. The Bertz CT molecular complexity index is 358. The quantitative estimate of drug-likeness (QED) is 0.640. The lowest BCUT2D eigenvalue weighted by molar-refractivity contribution is -0.387. The van der Waals surface area contributed by atoms with Gasteiger partial charge in [0.05, 0.1) is 12.2 Å². The Morgan fingerprint density at radius 1 is 1.22 bits per heavy atom. The van der Waals surface area contributed by atoms with Gasteiger partial charge in [0.15, 0.2) is 0 Å². The van der Waals surface area contributed by atoms with Crippen molar-refractivity contribution < 1.29 is 20.0 Å². The van der Waals surface area contributed by atoms with Crippen molar-refractivity contribution in [1.82, 2.24) is 0 Å². The zero-order chi connectivity index (χ0) is 13.8. The number of halogens is 1. The molecule has 4 nitrogen and oxygen atoms in total. The average molecular weight is 275 g/mol. The number of rotatable bonds is 5. The highest BCUT2D eigenvalue weighted by molar-refractivity contribution is 6.30. The largest absolute Gasteiger partial charge is 0.394 e. The molecule has 0 fully saturated rings. The highest BCUT2D eigenvalue weighted by atomic mass is 35.5. The smallest absolute Gasteiger partial charge is 0.146 e. The van der Waals surface area contributed by atoms with Crippen LogP contribution < -0.4 is 0 Å². The van der Waals surface area contributed by atoms with E-state index in [1.807, 2.05) is 20.8 Å². The topological polar surface area (TPSA) is 58.9 Å². The average Bonchev–Trinajstić information content (AvgIpc) is 2.29. The van der Waals surface area contributed by atoms with E-state index in [1.165, 1.54) is 0 Å². The van der Waals surface area contributed by atoms with Gasteiger partial charge in [0.25, 0.3) is 0 Å². The van der Waals surface area contributed by atoms with Crippen LogP contribution in [0.15, 0.2) is 24.3 Å². The highest BCUT2D eigenvalue weighted by Gasteiger charge is 2.25. The summed E-state index contributed by atoms with van der Waals surface area (Å²) in [5, 5.41) is 19.4. The van der Waals surface area contributed by atoms with E-state index in [0.717, 1.165) is 0 Å². The Morgan fingerprint density at radius 3 is 2.22 bits per heavy atom. The minimum absolute atomic E-state index is 0.416. The lowest BCUT2D eigenvalue weighted by Gasteiger charge is -2.26. The molecule has 0 heterocycles. The third-order valence-corrected chi connectivity index (χ3v) is 2.39. The van der Waals surface area contributed by atoms with E-state index < -0.39 is 24.4 Å². The van der Waals surface area contributed by atoms with Crippen molar-refractivity contribution in [3.05, 3.63) is 34.9 Å². The van der Waals surface area contributed by atoms with Crippen LogP contribution in [0.2, 0.25) is 5.02 Å². The Hall–Kier alpha value is -0.650. The van der Waals surface area contributed by atoms with Crippen LogP contribution in [0.3, 0.4) is 0 Å². The van der Waals surface area contributed by atoms with Gasteiger partial charge in [-0.2, -0.15) is 0 Å². The van der Waals surface area contributed by atoms with Gasteiger partial charge in [-0.1, -0.05) is 23.7 Å². The van der Waals surface area contributed by atoms with E-state index in [0.29, 0.717) is 10.6 Å². The summed E-state index contributed by atoms with van der Waals surface area (Å²) in [5.41, 5.74) is 0.185. The summed E-state index contributed by atoms with van der Waals surface area (Å²) >= 11 is 5.80. The van der Waals surface area contributed by atoms with Crippen molar-refractivity contribution in [1.29, 1.82) is 0 Å². The van der Waals surface area contributed by atoms with E-state index in [9.17, 15) is 5.11 Å². The van der Waals surface area contributed by atoms with E-state index in [1.54, 1.807) is 24.3 Å². The van der Waals surface area contributed by atoms with Crippen LogP contribution in [0.5, 0.6) is 0 Å². The van der Waals surface area contributed by atoms with Crippen molar-refractivity contribution in [2.45, 2.75) is 38.6 Å². The lowest BCUT2D eigenvalue weighted by Crippen LogP contribution is -2.29. The van der Waals surface area contributed by atoms with Crippen LogP contribution in [0.1, 0.15) is 32.4 Å². The highest BCUT2D eigenvalue weighted by Crippen LogP contribution is 2.25. The second-order valence-electron chi connectivity index (χ2n) is 5.01. The first-order valence-electron chi connectivity index (χ1n) is 5.72. The Morgan fingerprint density at radius 2 is 1.78 bits per heavy atom. The number of benzene rings is 1. The fourth-order valence-corrected chi connectivity index (χ4v) is 1.41. The molecular weight excluding hydrogens is 256 g/mol. The Balaban J connectivity index is 2.81. The predicted molar refractivity (Wildman–Crippen MR) is 69.2 cm³/mol. The SMILES string of the molecule is CC(C)(C)OOC(c1ccc(Cl)cc1)C(O)CO. The van der Waals surface area contributed by atoms with Gasteiger partial charge in [-0.3, -0.25) is 0 Å². The molecule has 0 radical (unpaired) electrons. The molecule has 0 amide bonds. The third-order valence-electron chi connectivity index (χ3n) is 2.14. The summed E-state index contributed by atoms with van der Waals surface area (Å²) in [6.45, 7) is 5.08. The van der Waals surface area contributed by atoms with Crippen LogP contribution >= 0.6 is 11.6 Å². The van der Waals surface area contributed by atoms with Gasteiger partial charge in [-0.15, -0.1) is 0 Å². The maximum Gasteiger partial charge on any atom is 0.146 e. The molecule has 0 bridgehead atoms. The van der Waals surface area contributed by atoms with Crippen molar-refractivity contribution in [3.63, 3.8) is 0 Å². The zero-order valence-corrected chi connectivity index (χ0v) is 11.5. The monoisotopic (exact) mass is 274 g/mol. The summed E-state index contributed by atoms with van der Waals surface area (Å²) in [6, 6.07) is 6.82. The first-order chi connectivity index (χ1) is 8.33. The van der Waals surface area contributed by atoms with Crippen molar-refractivity contribution in [2.75, 3.05) is 6.61 Å². The second-order valence-corrected chi connectivity index (χ2v) is 5.45. The lowest BCUT2D eigenvalue weighted by atomic mass is 10.1. The summed E-state index contributed by atoms with van der Waals surface area (Å²) < 4.78 is 0. The van der Waals surface area contributed by atoms with Crippen LogP contribution in [-0.2, 0) is 9.78 Å². The van der Waals surface area contributed by atoms with Crippen molar-refractivity contribution in [2.24, 2.45) is 0 Å². The Labute approximate surface area is 112 Å². The van der Waals surface area contributed by atoms with Gasteiger partial charge < -0.3 is 10.2 Å². The Kier molecular flexibility index (Phi) is 5.56. The minimum Gasteiger partial charge on any atom is -0.394 e.